The van der Waals surface area contributed by atoms with E-state index in [2.05, 4.69) is 63.4 Å². The highest BCUT2D eigenvalue weighted by molar-refractivity contribution is 7.13. The van der Waals surface area contributed by atoms with Crippen molar-refractivity contribution in [1.29, 1.82) is 0 Å². The van der Waals surface area contributed by atoms with Crippen LogP contribution in [0.2, 0.25) is 0 Å². The van der Waals surface area contributed by atoms with E-state index in [0.29, 0.717) is 24.8 Å². The van der Waals surface area contributed by atoms with Crippen molar-refractivity contribution in [3.63, 3.8) is 0 Å². The molecule has 0 saturated carbocycles. The van der Waals surface area contributed by atoms with Gasteiger partial charge in [-0.1, -0.05) is 30.3 Å². The number of piperidine rings is 2. The third-order valence-corrected chi connectivity index (χ3v) is 8.08. The minimum atomic E-state index is -0.0278. The average molecular weight is 494 g/mol. The van der Waals surface area contributed by atoms with Gasteiger partial charge in [-0.05, 0) is 74.2 Å². The molecule has 3 atom stereocenters. The fourth-order valence-corrected chi connectivity index (χ4v) is 5.89. The Morgan fingerprint density at radius 2 is 2.00 bits per heavy atom. The molecule has 8 heteroatoms. The number of benzene rings is 1. The molecule has 2 saturated heterocycles. The first-order valence-corrected chi connectivity index (χ1v) is 13.7. The standard InChI is InChI=1S/C27H35N5O2S/c1-19-6-3-14-32(16-19)23-11-9-21(10-12-23)20(2)28-27(33)22-7-4-13-31(17-22)18-25-29-26(30-34-25)24-8-5-15-35-24/h5,8-12,15,19-20,22H,3-4,6-7,13-14,16-18H2,1-2H3,(H,28,33). The van der Waals surface area contributed by atoms with Crippen LogP contribution in [-0.4, -0.2) is 47.1 Å². The Kier molecular flexibility index (Phi) is 7.48. The first-order chi connectivity index (χ1) is 17.0. The summed E-state index contributed by atoms with van der Waals surface area (Å²) in [5, 5.41) is 9.36. The minimum Gasteiger partial charge on any atom is -0.371 e. The van der Waals surface area contributed by atoms with Crippen molar-refractivity contribution in [2.45, 2.75) is 52.1 Å². The summed E-state index contributed by atoms with van der Waals surface area (Å²) < 4.78 is 5.47. The van der Waals surface area contributed by atoms with Crippen molar-refractivity contribution in [1.82, 2.24) is 20.4 Å². The van der Waals surface area contributed by atoms with Gasteiger partial charge in [0.2, 0.25) is 17.6 Å². The number of rotatable bonds is 7. The molecule has 3 unspecified atom stereocenters. The van der Waals surface area contributed by atoms with E-state index in [-0.39, 0.29) is 17.9 Å². The molecule has 7 nitrogen and oxygen atoms in total. The Labute approximate surface area is 211 Å². The molecule has 35 heavy (non-hydrogen) atoms. The van der Waals surface area contributed by atoms with E-state index in [1.54, 1.807) is 11.3 Å². The molecule has 0 bridgehead atoms. The van der Waals surface area contributed by atoms with E-state index in [1.165, 1.54) is 18.5 Å². The maximum absolute atomic E-state index is 13.1. The van der Waals surface area contributed by atoms with Crippen molar-refractivity contribution in [2.24, 2.45) is 11.8 Å². The Bertz CT molecular complexity index is 1100. The number of anilines is 1. The highest BCUT2D eigenvalue weighted by Gasteiger charge is 2.28. The molecule has 2 aromatic heterocycles. The quantitative estimate of drug-likeness (QED) is 0.492. The van der Waals surface area contributed by atoms with Crippen LogP contribution in [0, 0.1) is 11.8 Å². The van der Waals surface area contributed by atoms with Gasteiger partial charge in [0.1, 0.15) is 0 Å². The summed E-state index contributed by atoms with van der Waals surface area (Å²) in [5.74, 6) is 2.09. The number of amides is 1. The molecule has 1 N–H and O–H groups in total. The van der Waals surface area contributed by atoms with Crippen LogP contribution < -0.4 is 10.2 Å². The first kappa shape index (κ1) is 24.0. The van der Waals surface area contributed by atoms with Crippen molar-refractivity contribution in [3.8, 4) is 10.7 Å². The lowest BCUT2D eigenvalue weighted by Crippen LogP contribution is -2.43. The summed E-state index contributed by atoms with van der Waals surface area (Å²) in [6.45, 7) is 8.88. The van der Waals surface area contributed by atoms with Crippen LogP contribution in [0.3, 0.4) is 0 Å². The fraction of sp³-hybridized carbons (Fsp3) is 0.519. The summed E-state index contributed by atoms with van der Waals surface area (Å²) in [4.78, 5) is 23.4. The maximum Gasteiger partial charge on any atom is 0.241 e. The van der Waals surface area contributed by atoms with Crippen LogP contribution in [0.5, 0.6) is 0 Å². The number of likely N-dealkylation sites (tertiary alicyclic amines) is 1. The number of nitrogens with zero attached hydrogens (tertiary/aromatic N) is 4. The average Bonchev–Trinajstić information content (AvgIpc) is 3.57. The van der Waals surface area contributed by atoms with Gasteiger partial charge in [0.25, 0.3) is 0 Å². The number of hydrogen-bond donors (Lipinski definition) is 1. The largest absolute Gasteiger partial charge is 0.371 e. The maximum atomic E-state index is 13.1. The normalized spacial score (nSPS) is 22.2. The summed E-state index contributed by atoms with van der Waals surface area (Å²) in [6.07, 6.45) is 4.48. The molecule has 2 fully saturated rings. The molecule has 0 radical (unpaired) electrons. The van der Waals surface area contributed by atoms with Crippen molar-refractivity contribution in [3.05, 3.63) is 53.2 Å². The number of nitrogens with one attached hydrogen (secondary N) is 1. The molecule has 1 aromatic carbocycles. The molecule has 3 aromatic rings. The van der Waals surface area contributed by atoms with Crippen molar-refractivity contribution >= 4 is 22.9 Å². The van der Waals surface area contributed by atoms with Crippen LogP contribution in [0.25, 0.3) is 10.7 Å². The fourth-order valence-electron chi connectivity index (χ4n) is 5.24. The minimum absolute atomic E-state index is 0.0171. The molecule has 5 rings (SSSR count). The van der Waals surface area contributed by atoms with E-state index < -0.39 is 0 Å². The predicted octanol–water partition coefficient (Wildman–Crippen LogP) is 5.12. The summed E-state index contributed by atoms with van der Waals surface area (Å²) in [7, 11) is 0. The Morgan fingerprint density at radius 3 is 2.77 bits per heavy atom. The highest BCUT2D eigenvalue weighted by atomic mass is 32.1. The zero-order valence-corrected chi connectivity index (χ0v) is 21.5. The molecule has 4 heterocycles. The zero-order chi connectivity index (χ0) is 24.2. The van der Waals surface area contributed by atoms with Gasteiger partial charge in [0, 0.05) is 25.3 Å². The van der Waals surface area contributed by atoms with Crippen LogP contribution in [0.1, 0.15) is 57.0 Å². The molecule has 1 amide bonds. The van der Waals surface area contributed by atoms with Gasteiger partial charge in [-0.3, -0.25) is 9.69 Å². The van der Waals surface area contributed by atoms with E-state index in [4.69, 9.17) is 4.52 Å². The summed E-state index contributed by atoms with van der Waals surface area (Å²) in [6, 6.07) is 12.7. The van der Waals surface area contributed by atoms with Crippen LogP contribution in [-0.2, 0) is 11.3 Å². The van der Waals surface area contributed by atoms with E-state index in [1.807, 2.05) is 17.5 Å². The Morgan fingerprint density at radius 1 is 1.17 bits per heavy atom. The second kappa shape index (κ2) is 10.9. The highest BCUT2D eigenvalue weighted by Crippen LogP contribution is 2.26. The lowest BCUT2D eigenvalue weighted by Gasteiger charge is -2.33. The van der Waals surface area contributed by atoms with Crippen molar-refractivity contribution in [2.75, 3.05) is 31.1 Å². The van der Waals surface area contributed by atoms with E-state index in [9.17, 15) is 4.79 Å². The second-order valence-electron chi connectivity index (χ2n) is 10.1. The topological polar surface area (TPSA) is 74.5 Å². The molecule has 2 aliphatic heterocycles. The van der Waals surface area contributed by atoms with E-state index in [0.717, 1.165) is 48.8 Å². The smallest absolute Gasteiger partial charge is 0.241 e. The predicted molar refractivity (Wildman–Crippen MR) is 139 cm³/mol. The molecular weight excluding hydrogens is 458 g/mol. The number of hydrogen-bond acceptors (Lipinski definition) is 7. The Balaban J connectivity index is 1.13. The van der Waals surface area contributed by atoms with Crippen LogP contribution in [0.15, 0.2) is 46.3 Å². The Hall–Kier alpha value is -2.71. The first-order valence-electron chi connectivity index (χ1n) is 12.8. The van der Waals surface area contributed by atoms with Crippen LogP contribution >= 0.6 is 11.3 Å². The second-order valence-corrected chi connectivity index (χ2v) is 11.0. The lowest BCUT2D eigenvalue weighted by atomic mass is 9.96. The summed E-state index contributed by atoms with van der Waals surface area (Å²) in [5.41, 5.74) is 2.43. The molecule has 186 valence electrons. The van der Waals surface area contributed by atoms with Gasteiger partial charge in [0.05, 0.1) is 23.4 Å². The summed E-state index contributed by atoms with van der Waals surface area (Å²) >= 11 is 1.60. The van der Waals surface area contributed by atoms with Gasteiger partial charge in [-0.2, -0.15) is 4.98 Å². The molecular formula is C27H35N5O2S. The third kappa shape index (κ3) is 5.93. The molecule has 2 aliphatic rings. The van der Waals surface area contributed by atoms with Gasteiger partial charge in [0.15, 0.2) is 0 Å². The molecule has 0 aliphatic carbocycles. The monoisotopic (exact) mass is 493 g/mol. The zero-order valence-electron chi connectivity index (χ0n) is 20.7. The van der Waals surface area contributed by atoms with Gasteiger partial charge >= 0.3 is 0 Å². The van der Waals surface area contributed by atoms with Gasteiger partial charge in [-0.15, -0.1) is 11.3 Å². The van der Waals surface area contributed by atoms with Crippen molar-refractivity contribution < 1.29 is 9.32 Å². The van der Waals surface area contributed by atoms with Gasteiger partial charge < -0.3 is 14.7 Å². The number of carbonyl (C=O) groups excluding carboxylic acids is 1. The number of aromatic nitrogens is 2. The number of thiophene rings is 1. The van der Waals surface area contributed by atoms with E-state index >= 15 is 0 Å². The SMILES string of the molecule is CC1CCCN(c2ccc(C(C)NC(=O)C3CCCN(Cc4nc(-c5cccs5)no4)C3)cc2)C1. The van der Waals surface area contributed by atoms with Crippen LogP contribution in [0.4, 0.5) is 5.69 Å². The molecule has 0 spiro atoms. The van der Waals surface area contributed by atoms with Gasteiger partial charge in [-0.25, -0.2) is 0 Å². The third-order valence-electron chi connectivity index (χ3n) is 7.22. The lowest BCUT2D eigenvalue weighted by molar-refractivity contribution is -0.127. The number of carbonyl (C=O) groups is 1.